The number of hydrogen-bond acceptors (Lipinski definition) is 7. The molecule has 0 radical (unpaired) electrons. The molecule has 1 aliphatic rings. The van der Waals surface area contributed by atoms with Gasteiger partial charge in [0.05, 0.1) is 23.8 Å². The van der Waals surface area contributed by atoms with E-state index in [-0.39, 0.29) is 23.6 Å². The van der Waals surface area contributed by atoms with Crippen LogP contribution in [0.1, 0.15) is 43.6 Å². The molecular formula is C24H22F3N5O3. The fourth-order valence-electron chi connectivity index (χ4n) is 4.50. The first kappa shape index (κ1) is 22.9. The number of anilines is 2. The summed E-state index contributed by atoms with van der Waals surface area (Å²) >= 11 is 0. The summed E-state index contributed by atoms with van der Waals surface area (Å²) in [6, 6.07) is 6.90. The van der Waals surface area contributed by atoms with Crippen LogP contribution >= 0.6 is 0 Å². The van der Waals surface area contributed by atoms with Crippen LogP contribution in [0.3, 0.4) is 0 Å². The normalized spacial score (nSPS) is 18.1. The van der Waals surface area contributed by atoms with Gasteiger partial charge in [-0.15, -0.1) is 5.10 Å². The second kappa shape index (κ2) is 9.40. The average Bonchev–Trinajstić information content (AvgIpc) is 3.49. The van der Waals surface area contributed by atoms with Crippen molar-refractivity contribution in [1.82, 2.24) is 20.2 Å². The second-order valence-electron chi connectivity index (χ2n) is 8.64. The lowest BCUT2D eigenvalue weighted by Gasteiger charge is -2.28. The third kappa shape index (κ3) is 4.84. The lowest BCUT2D eigenvalue weighted by molar-refractivity contribution is -0.142. The molecule has 4 aromatic rings. The molecule has 0 bridgehead atoms. The number of ether oxygens (including phenoxy) is 1. The van der Waals surface area contributed by atoms with E-state index in [4.69, 9.17) is 9.15 Å². The minimum absolute atomic E-state index is 0.0524. The summed E-state index contributed by atoms with van der Waals surface area (Å²) in [4.78, 5) is 19.2. The van der Waals surface area contributed by atoms with Crippen molar-refractivity contribution >= 4 is 28.7 Å². The minimum atomic E-state index is -1.30. The molecule has 11 heteroatoms. The zero-order valence-corrected chi connectivity index (χ0v) is 18.8. The molecule has 182 valence electrons. The van der Waals surface area contributed by atoms with Crippen LogP contribution in [0.25, 0.3) is 22.7 Å². The highest BCUT2D eigenvalue weighted by Crippen LogP contribution is 2.38. The fraction of sp³-hybridized carbons (Fsp3) is 0.333. The number of imidazole rings is 1. The summed E-state index contributed by atoms with van der Waals surface area (Å²) in [5, 5.41) is 10.1. The Bertz CT molecular complexity index is 1380. The lowest BCUT2D eigenvalue weighted by atomic mass is 9.77. The van der Waals surface area contributed by atoms with Crippen LogP contribution in [0, 0.1) is 23.4 Å². The number of carbonyl (C=O) groups is 1. The summed E-state index contributed by atoms with van der Waals surface area (Å²) < 4.78 is 50.7. The summed E-state index contributed by atoms with van der Waals surface area (Å²) in [5.41, 5.74) is 2.36. The third-order valence-corrected chi connectivity index (χ3v) is 6.39. The smallest absolute Gasteiger partial charge is 0.320 e. The highest BCUT2D eigenvalue weighted by atomic mass is 19.2. The van der Waals surface area contributed by atoms with Gasteiger partial charge in [-0.05, 0) is 55.2 Å². The third-order valence-electron chi connectivity index (χ3n) is 6.39. The molecule has 35 heavy (non-hydrogen) atoms. The molecule has 1 aliphatic carbocycles. The number of aromatic amines is 1. The maximum Gasteiger partial charge on any atom is 0.320 e. The van der Waals surface area contributed by atoms with Gasteiger partial charge in [-0.2, -0.15) is 0 Å². The molecule has 2 aromatic heterocycles. The molecule has 0 aliphatic heterocycles. The number of halogens is 3. The molecular weight excluding hydrogens is 463 g/mol. The van der Waals surface area contributed by atoms with E-state index in [9.17, 15) is 18.0 Å². The summed E-state index contributed by atoms with van der Waals surface area (Å²) in [6.07, 6.45) is 4.40. The number of benzene rings is 2. The molecule has 2 N–H and O–H groups in total. The maximum atomic E-state index is 13.9. The number of fused-ring (bicyclic) bond motifs is 1. The first-order valence-electron chi connectivity index (χ1n) is 11.2. The number of methoxy groups -OCH3 is 1. The number of rotatable bonds is 6. The van der Waals surface area contributed by atoms with Crippen molar-refractivity contribution in [2.45, 2.75) is 38.0 Å². The number of nitrogens with zero attached hydrogens (tertiary/aromatic N) is 3. The molecule has 2 aromatic carbocycles. The Morgan fingerprint density at radius 1 is 1.09 bits per heavy atom. The molecule has 0 spiro atoms. The Morgan fingerprint density at radius 3 is 2.63 bits per heavy atom. The van der Waals surface area contributed by atoms with E-state index >= 15 is 0 Å². The van der Waals surface area contributed by atoms with Gasteiger partial charge in [0.25, 0.3) is 5.89 Å². The van der Waals surface area contributed by atoms with Gasteiger partial charge in [0.15, 0.2) is 17.5 Å². The molecule has 1 saturated carbocycles. The minimum Gasteiger partial charge on any atom is -0.469 e. The van der Waals surface area contributed by atoms with Crippen molar-refractivity contribution in [3.63, 3.8) is 0 Å². The van der Waals surface area contributed by atoms with Gasteiger partial charge in [-0.3, -0.25) is 4.79 Å². The number of esters is 1. The molecule has 1 fully saturated rings. The van der Waals surface area contributed by atoms with Gasteiger partial charge in [0.2, 0.25) is 0 Å². The van der Waals surface area contributed by atoms with Gasteiger partial charge in [-0.25, -0.2) is 18.2 Å². The topological polar surface area (TPSA) is 106 Å². The van der Waals surface area contributed by atoms with Crippen molar-refractivity contribution in [1.29, 1.82) is 0 Å². The summed E-state index contributed by atoms with van der Waals surface area (Å²) in [6.45, 7) is 0. The first-order chi connectivity index (χ1) is 16.9. The van der Waals surface area contributed by atoms with Crippen LogP contribution < -0.4 is 5.32 Å². The van der Waals surface area contributed by atoms with Gasteiger partial charge < -0.3 is 19.5 Å². The Kier molecular flexibility index (Phi) is 6.14. The fourth-order valence-corrected chi connectivity index (χ4v) is 4.50. The van der Waals surface area contributed by atoms with Crippen molar-refractivity contribution in [3.05, 3.63) is 53.3 Å². The van der Waals surface area contributed by atoms with Gasteiger partial charge in [0.1, 0.15) is 5.82 Å². The average molecular weight is 485 g/mol. The Balaban J connectivity index is 1.29. The molecule has 0 unspecified atom stereocenters. The van der Waals surface area contributed by atoms with E-state index in [0.29, 0.717) is 41.7 Å². The van der Waals surface area contributed by atoms with Crippen LogP contribution in [0.2, 0.25) is 0 Å². The Labute approximate surface area is 197 Å². The number of H-pyrrole nitrogens is 1. The van der Waals surface area contributed by atoms with E-state index in [0.717, 1.165) is 31.2 Å². The first-order valence-corrected chi connectivity index (χ1v) is 11.2. The van der Waals surface area contributed by atoms with Gasteiger partial charge >= 0.3 is 12.0 Å². The van der Waals surface area contributed by atoms with Crippen LogP contribution in [-0.4, -0.2) is 33.2 Å². The second-order valence-corrected chi connectivity index (χ2v) is 8.64. The highest BCUT2D eigenvalue weighted by molar-refractivity contribution is 5.79. The van der Waals surface area contributed by atoms with Crippen LogP contribution in [0.15, 0.2) is 34.7 Å². The largest absolute Gasteiger partial charge is 0.469 e. The quantitative estimate of drug-likeness (QED) is 0.270. The predicted octanol–water partition coefficient (Wildman–Crippen LogP) is 5.61. The van der Waals surface area contributed by atoms with Gasteiger partial charge in [-0.1, -0.05) is 11.2 Å². The molecule has 0 amide bonds. The standard InChI is InChI=1S/C24H22F3N5O3/c1-34-21(33)8-12-2-4-13(5-3-12)14-6-7-18-20(9-14)29-22(28-18)23-31-32-24(35-23)30-19-11-16(26)15(25)10-17(19)27/h6-7,9-13H,2-5,8H2,1H3,(H,28,29)(H,30,32). The molecule has 0 atom stereocenters. The van der Waals surface area contributed by atoms with Crippen molar-refractivity contribution in [2.75, 3.05) is 12.4 Å². The maximum absolute atomic E-state index is 13.9. The number of hydrogen-bond donors (Lipinski definition) is 2. The Hall–Kier alpha value is -3.89. The number of nitrogens with one attached hydrogen (secondary N) is 2. The number of aromatic nitrogens is 4. The molecule has 5 rings (SSSR count). The lowest BCUT2D eigenvalue weighted by Crippen LogP contribution is -2.17. The monoisotopic (exact) mass is 485 g/mol. The molecule has 8 nitrogen and oxygen atoms in total. The van der Waals surface area contributed by atoms with E-state index in [2.05, 4.69) is 25.5 Å². The van der Waals surface area contributed by atoms with E-state index in [1.54, 1.807) is 0 Å². The summed E-state index contributed by atoms with van der Waals surface area (Å²) in [5.74, 6) is -2.53. The predicted molar refractivity (Wildman–Crippen MR) is 120 cm³/mol. The Morgan fingerprint density at radius 2 is 1.86 bits per heavy atom. The van der Waals surface area contributed by atoms with Crippen LogP contribution in [-0.2, 0) is 9.53 Å². The van der Waals surface area contributed by atoms with Crippen molar-refractivity contribution in [2.24, 2.45) is 5.92 Å². The van der Waals surface area contributed by atoms with Gasteiger partial charge in [0, 0.05) is 18.6 Å². The zero-order chi connectivity index (χ0) is 24.5. The molecule has 0 saturated heterocycles. The van der Waals surface area contributed by atoms with Crippen LogP contribution in [0.5, 0.6) is 0 Å². The van der Waals surface area contributed by atoms with E-state index in [1.807, 2.05) is 18.2 Å². The number of carbonyl (C=O) groups excluding carboxylic acids is 1. The zero-order valence-electron chi connectivity index (χ0n) is 18.8. The van der Waals surface area contributed by atoms with E-state index < -0.39 is 17.5 Å². The summed E-state index contributed by atoms with van der Waals surface area (Å²) in [7, 11) is 1.42. The van der Waals surface area contributed by atoms with Crippen molar-refractivity contribution < 1.29 is 27.1 Å². The van der Waals surface area contributed by atoms with Crippen LogP contribution in [0.4, 0.5) is 24.9 Å². The van der Waals surface area contributed by atoms with E-state index in [1.165, 1.54) is 12.7 Å². The highest BCUT2D eigenvalue weighted by Gasteiger charge is 2.25. The SMILES string of the molecule is COC(=O)CC1CCC(c2ccc3nc(-c4nnc(Nc5cc(F)c(F)cc5F)o4)[nH]c3c2)CC1. The van der Waals surface area contributed by atoms with Crippen molar-refractivity contribution in [3.8, 4) is 11.7 Å². The molecule has 2 heterocycles.